The number of likely N-dealkylation sites (N-methyl/N-ethyl adjacent to an activating group) is 2. The summed E-state index contributed by atoms with van der Waals surface area (Å²) >= 11 is 0. The van der Waals surface area contributed by atoms with Crippen molar-refractivity contribution < 1.29 is 14.0 Å². The molecule has 8 nitrogen and oxygen atoms in total. The van der Waals surface area contributed by atoms with Gasteiger partial charge in [-0.2, -0.15) is 0 Å². The molecule has 0 aliphatic rings. The molecule has 0 saturated heterocycles. The fraction of sp³-hybridized carbons (Fsp3) is 0.421. The molecule has 0 aliphatic heterocycles. The predicted molar refractivity (Wildman–Crippen MR) is 102 cm³/mol. The zero-order chi connectivity index (χ0) is 19.6. The van der Waals surface area contributed by atoms with E-state index in [9.17, 15) is 9.59 Å². The first kappa shape index (κ1) is 20.4. The van der Waals surface area contributed by atoms with E-state index in [0.717, 1.165) is 11.5 Å². The van der Waals surface area contributed by atoms with E-state index in [-0.39, 0.29) is 24.5 Å². The second-order valence-electron chi connectivity index (χ2n) is 6.44. The molecule has 27 heavy (non-hydrogen) atoms. The molecule has 0 spiro atoms. The average Bonchev–Trinajstić information content (AvgIpc) is 3.19. The van der Waals surface area contributed by atoms with Crippen molar-refractivity contribution in [1.29, 1.82) is 0 Å². The largest absolute Gasteiger partial charge is 0.468 e. The highest BCUT2D eigenvalue weighted by atomic mass is 16.3. The van der Waals surface area contributed by atoms with Crippen molar-refractivity contribution in [3.8, 4) is 0 Å². The minimum absolute atomic E-state index is 0.0576. The third kappa shape index (κ3) is 6.74. The molecule has 0 aromatic carbocycles. The molecule has 2 rings (SSSR count). The van der Waals surface area contributed by atoms with Crippen LogP contribution in [0.2, 0.25) is 0 Å². The van der Waals surface area contributed by atoms with Crippen molar-refractivity contribution in [3.05, 3.63) is 54.2 Å². The van der Waals surface area contributed by atoms with Crippen LogP contribution in [0.15, 0.2) is 47.2 Å². The van der Waals surface area contributed by atoms with Crippen LogP contribution >= 0.6 is 0 Å². The second-order valence-corrected chi connectivity index (χ2v) is 6.44. The van der Waals surface area contributed by atoms with Crippen LogP contribution in [-0.2, 0) is 11.2 Å². The number of nitrogens with one attached hydrogen (secondary N) is 2. The fourth-order valence-electron chi connectivity index (χ4n) is 2.51. The molecule has 146 valence electrons. The number of nitrogens with zero attached hydrogens (tertiary/aromatic N) is 3. The highest BCUT2D eigenvalue weighted by molar-refractivity contribution is 5.83. The van der Waals surface area contributed by atoms with Crippen molar-refractivity contribution in [2.24, 2.45) is 0 Å². The van der Waals surface area contributed by atoms with E-state index in [1.165, 1.54) is 0 Å². The lowest BCUT2D eigenvalue weighted by Gasteiger charge is -2.23. The highest BCUT2D eigenvalue weighted by Crippen LogP contribution is 2.17. The monoisotopic (exact) mass is 373 g/mol. The van der Waals surface area contributed by atoms with E-state index in [1.807, 2.05) is 49.3 Å². The first-order valence-corrected chi connectivity index (χ1v) is 8.82. The first-order chi connectivity index (χ1) is 13.0. The first-order valence-electron chi connectivity index (χ1n) is 8.82. The maximum Gasteiger partial charge on any atom is 0.315 e. The summed E-state index contributed by atoms with van der Waals surface area (Å²) in [5.41, 5.74) is 0.926. The minimum Gasteiger partial charge on any atom is -0.468 e. The van der Waals surface area contributed by atoms with Crippen molar-refractivity contribution in [2.45, 2.75) is 12.5 Å². The van der Waals surface area contributed by atoms with Gasteiger partial charge in [0, 0.05) is 38.4 Å². The van der Waals surface area contributed by atoms with E-state index >= 15 is 0 Å². The van der Waals surface area contributed by atoms with Gasteiger partial charge in [-0.05, 0) is 38.4 Å². The smallest absolute Gasteiger partial charge is 0.315 e. The summed E-state index contributed by atoms with van der Waals surface area (Å²) in [5, 5.41) is 5.37. The Hall–Kier alpha value is -2.87. The SMILES string of the molecule is CN(CCc1ccccn1)C(=O)CNC(=O)NCC(c1ccco1)N(C)C. The topological polar surface area (TPSA) is 90.7 Å². The number of furan rings is 1. The van der Waals surface area contributed by atoms with Gasteiger partial charge in [-0.3, -0.25) is 14.7 Å². The Balaban J connectivity index is 1.70. The van der Waals surface area contributed by atoms with Gasteiger partial charge in [0.1, 0.15) is 5.76 Å². The van der Waals surface area contributed by atoms with Gasteiger partial charge in [0.2, 0.25) is 5.91 Å². The van der Waals surface area contributed by atoms with E-state index < -0.39 is 0 Å². The molecule has 1 atom stereocenters. The van der Waals surface area contributed by atoms with Crippen LogP contribution in [-0.4, -0.2) is 67.5 Å². The number of amides is 3. The van der Waals surface area contributed by atoms with E-state index in [1.54, 1.807) is 24.4 Å². The molecule has 2 aromatic rings. The van der Waals surface area contributed by atoms with Crippen LogP contribution < -0.4 is 10.6 Å². The Labute approximate surface area is 159 Å². The van der Waals surface area contributed by atoms with E-state index in [2.05, 4.69) is 15.6 Å². The minimum atomic E-state index is -0.389. The average molecular weight is 373 g/mol. The summed E-state index contributed by atoms with van der Waals surface area (Å²) in [6, 6.07) is 8.90. The molecule has 8 heteroatoms. The van der Waals surface area contributed by atoms with Crippen LogP contribution in [0.25, 0.3) is 0 Å². The fourth-order valence-corrected chi connectivity index (χ4v) is 2.51. The second kappa shape index (κ2) is 10.3. The van der Waals surface area contributed by atoms with Gasteiger partial charge >= 0.3 is 6.03 Å². The van der Waals surface area contributed by atoms with Crippen LogP contribution in [0.4, 0.5) is 4.79 Å². The molecule has 0 fully saturated rings. The molecular weight excluding hydrogens is 346 g/mol. The van der Waals surface area contributed by atoms with Crippen LogP contribution in [0.1, 0.15) is 17.5 Å². The highest BCUT2D eigenvalue weighted by Gasteiger charge is 2.18. The summed E-state index contributed by atoms with van der Waals surface area (Å²) in [4.78, 5) is 31.9. The van der Waals surface area contributed by atoms with Gasteiger partial charge in [-0.1, -0.05) is 6.07 Å². The molecule has 1 unspecified atom stereocenters. The Morgan fingerprint density at radius 1 is 1.15 bits per heavy atom. The van der Waals surface area contributed by atoms with Crippen molar-refractivity contribution in [1.82, 2.24) is 25.4 Å². The summed E-state index contributed by atoms with van der Waals surface area (Å²) in [6.07, 6.45) is 4.00. The molecular formula is C19H27N5O3. The lowest BCUT2D eigenvalue weighted by atomic mass is 10.2. The molecule has 2 N–H and O–H groups in total. The van der Waals surface area contributed by atoms with Gasteiger partial charge < -0.3 is 20.0 Å². The molecule has 2 aromatic heterocycles. The maximum absolute atomic E-state index is 12.1. The molecule has 0 radical (unpaired) electrons. The quantitative estimate of drug-likeness (QED) is 0.691. The number of aromatic nitrogens is 1. The van der Waals surface area contributed by atoms with Crippen molar-refractivity contribution in [2.75, 3.05) is 40.8 Å². The Bertz CT molecular complexity index is 703. The van der Waals surface area contributed by atoms with Gasteiger partial charge in [-0.15, -0.1) is 0 Å². The summed E-state index contributed by atoms with van der Waals surface area (Å²) < 4.78 is 5.40. The van der Waals surface area contributed by atoms with Crippen LogP contribution in [0.3, 0.4) is 0 Å². The number of carbonyl (C=O) groups excluding carboxylic acids is 2. The number of carbonyl (C=O) groups is 2. The normalized spacial score (nSPS) is 11.9. The molecule has 0 aliphatic carbocycles. The van der Waals surface area contributed by atoms with Crippen LogP contribution in [0, 0.1) is 0 Å². The third-order valence-corrected chi connectivity index (χ3v) is 4.21. The number of rotatable bonds is 9. The van der Waals surface area contributed by atoms with Crippen LogP contribution in [0.5, 0.6) is 0 Å². The third-order valence-electron chi connectivity index (χ3n) is 4.21. The Morgan fingerprint density at radius 3 is 2.59 bits per heavy atom. The number of hydrogen-bond acceptors (Lipinski definition) is 5. The van der Waals surface area contributed by atoms with Gasteiger partial charge in [-0.25, -0.2) is 4.79 Å². The Kier molecular flexibility index (Phi) is 7.81. The molecule has 3 amide bonds. The van der Waals surface area contributed by atoms with Gasteiger partial charge in [0.15, 0.2) is 0 Å². The predicted octanol–water partition coefficient (Wildman–Crippen LogP) is 1.28. The number of hydrogen-bond donors (Lipinski definition) is 2. The van der Waals surface area contributed by atoms with Gasteiger partial charge in [0.05, 0.1) is 18.8 Å². The summed E-state index contributed by atoms with van der Waals surface area (Å²) in [5.74, 6) is 0.613. The molecule has 0 bridgehead atoms. The van der Waals surface area contributed by atoms with Crippen molar-refractivity contribution in [3.63, 3.8) is 0 Å². The zero-order valence-corrected chi connectivity index (χ0v) is 16.0. The number of pyridine rings is 1. The molecule has 2 heterocycles. The molecule has 0 saturated carbocycles. The standard InChI is InChI=1S/C19H27N5O3/c1-23(2)16(17-8-6-12-27-17)13-21-19(26)22-14-18(25)24(3)11-9-15-7-4-5-10-20-15/h4-8,10,12,16H,9,11,13-14H2,1-3H3,(H2,21,22,26). The lowest BCUT2D eigenvalue weighted by molar-refractivity contribution is -0.128. The van der Waals surface area contributed by atoms with Crippen molar-refractivity contribution >= 4 is 11.9 Å². The summed E-state index contributed by atoms with van der Waals surface area (Å²) in [6.45, 7) is 0.855. The zero-order valence-electron chi connectivity index (χ0n) is 16.0. The van der Waals surface area contributed by atoms with Gasteiger partial charge in [0.25, 0.3) is 0 Å². The summed E-state index contributed by atoms with van der Waals surface area (Å²) in [7, 11) is 5.53. The lowest BCUT2D eigenvalue weighted by Crippen LogP contribution is -2.45. The maximum atomic E-state index is 12.1. The number of urea groups is 1. The van der Waals surface area contributed by atoms with E-state index in [0.29, 0.717) is 19.5 Å². The van der Waals surface area contributed by atoms with E-state index in [4.69, 9.17) is 4.42 Å². The Morgan fingerprint density at radius 2 is 1.96 bits per heavy atom.